The molecular weight excluding hydrogens is 304 g/mol. The molecule has 0 spiro atoms. The highest BCUT2D eigenvalue weighted by atomic mass is 35.5. The predicted octanol–water partition coefficient (Wildman–Crippen LogP) is 2.23. The van der Waals surface area contributed by atoms with E-state index in [-0.39, 0.29) is 16.3 Å². The minimum atomic E-state index is -3.84. The predicted molar refractivity (Wildman–Crippen MR) is 73.5 cm³/mol. The van der Waals surface area contributed by atoms with Gasteiger partial charge in [0.05, 0.1) is 10.5 Å². The summed E-state index contributed by atoms with van der Waals surface area (Å²) in [4.78, 5) is 14.5. The molecule has 0 atom stereocenters. The molecule has 0 saturated carbocycles. The minimum Gasteiger partial charge on any atom is -0.478 e. The summed E-state index contributed by atoms with van der Waals surface area (Å²) in [6, 6.07) is 7.71. The second-order valence-corrected chi connectivity index (χ2v) is 5.91. The van der Waals surface area contributed by atoms with Crippen LogP contribution in [0.1, 0.15) is 10.4 Å². The van der Waals surface area contributed by atoms with E-state index in [0.29, 0.717) is 5.02 Å². The third-order valence-corrected chi connectivity index (χ3v) is 3.98. The molecular formula is C12H9ClN2O4S. The van der Waals surface area contributed by atoms with Gasteiger partial charge in [0, 0.05) is 17.3 Å². The van der Waals surface area contributed by atoms with E-state index in [1.807, 2.05) is 0 Å². The van der Waals surface area contributed by atoms with Crippen LogP contribution in [0, 0.1) is 0 Å². The normalized spacial score (nSPS) is 11.1. The first kappa shape index (κ1) is 14.3. The van der Waals surface area contributed by atoms with Crippen LogP contribution in [0.4, 0.5) is 5.82 Å². The number of nitrogens with one attached hydrogen (secondary N) is 1. The van der Waals surface area contributed by atoms with E-state index in [4.69, 9.17) is 16.7 Å². The van der Waals surface area contributed by atoms with Crippen molar-refractivity contribution in [2.45, 2.75) is 4.90 Å². The summed E-state index contributed by atoms with van der Waals surface area (Å²) in [6.45, 7) is 0. The van der Waals surface area contributed by atoms with Gasteiger partial charge in [-0.1, -0.05) is 11.6 Å². The van der Waals surface area contributed by atoms with Crippen molar-refractivity contribution in [2.75, 3.05) is 4.72 Å². The Morgan fingerprint density at radius 3 is 2.40 bits per heavy atom. The van der Waals surface area contributed by atoms with Crippen molar-refractivity contribution in [1.29, 1.82) is 0 Å². The van der Waals surface area contributed by atoms with E-state index in [0.717, 1.165) is 0 Å². The highest BCUT2D eigenvalue weighted by Gasteiger charge is 2.15. The van der Waals surface area contributed by atoms with Crippen LogP contribution in [0.25, 0.3) is 0 Å². The number of rotatable bonds is 4. The summed E-state index contributed by atoms with van der Waals surface area (Å²) in [5, 5.41) is 9.10. The van der Waals surface area contributed by atoms with Gasteiger partial charge < -0.3 is 5.11 Å². The molecule has 104 valence electrons. The van der Waals surface area contributed by atoms with Gasteiger partial charge in [0.15, 0.2) is 0 Å². The molecule has 0 saturated heterocycles. The lowest BCUT2D eigenvalue weighted by Gasteiger charge is -2.07. The first-order chi connectivity index (χ1) is 9.38. The van der Waals surface area contributed by atoms with Crippen LogP contribution in [0.5, 0.6) is 0 Å². The second-order valence-electron chi connectivity index (χ2n) is 3.79. The average molecular weight is 313 g/mol. The van der Waals surface area contributed by atoms with Gasteiger partial charge in [0.2, 0.25) is 0 Å². The number of nitrogens with zero attached hydrogens (tertiary/aromatic N) is 1. The van der Waals surface area contributed by atoms with Crippen LogP contribution in [0.3, 0.4) is 0 Å². The highest BCUT2D eigenvalue weighted by Crippen LogP contribution is 2.17. The number of aromatic nitrogens is 1. The van der Waals surface area contributed by atoms with Gasteiger partial charge in [-0.15, -0.1) is 0 Å². The Morgan fingerprint density at radius 1 is 1.20 bits per heavy atom. The van der Waals surface area contributed by atoms with Crippen LogP contribution in [0.2, 0.25) is 5.02 Å². The minimum absolute atomic E-state index is 0.00447. The van der Waals surface area contributed by atoms with E-state index in [2.05, 4.69) is 9.71 Å². The Bertz CT molecular complexity index is 744. The third kappa shape index (κ3) is 3.25. The summed E-state index contributed by atoms with van der Waals surface area (Å²) in [7, 11) is -3.84. The number of carboxylic acids is 1. The third-order valence-electron chi connectivity index (χ3n) is 2.37. The monoisotopic (exact) mass is 312 g/mol. The number of sulfonamides is 1. The molecule has 0 aliphatic carbocycles. The molecule has 2 rings (SSSR count). The van der Waals surface area contributed by atoms with Gasteiger partial charge in [0.25, 0.3) is 10.0 Å². The van der Waals surface area contributed by atoms with E-state index in [9.17, 15) is 13.2 Å². The maximum Gasteiger partial charge on any atom is 0.335 e. The second kappa shape index (κ2) is 5.48. The van der Waals surface area contributed by atoms with Gasteiger partial charge >= 0.3 is 5.97 Å². The molecule has 0 radical (unpaired) electrons. The Balaban J connectivity index is 2.28. The molecule has 0 bridgehead atoms. The van der Waals surface area contributed by atoms with Crippen LogP contribution >= 0.6 is 11.6 Å². The Kier molecular flexibility index (Phi) is 3.91. The van der Waals surface area contributed by atoms with Crippen LogP contribution in [-0.2, 0) is 10.0 Å². The van der Waals surface area contributed by atoms with Gasteiger partial charge in [-0.05, 0) is 30.3 Å². The van der Waals surface area contributed by atoms with Crippen molar-refractivity contribution >= 4 is 33.4 Å². The van der Waals surface area contributed by atoms with Crippen molar-refractivity contribution in [3.8, 4) is 0 Å². The zero-order valence-corrected chi connectivity index (χ0v) is 11.5. The van der Waals surface area contributed by atoms with Crippen LogP contribution in [0.15, 0.2) is 47.5 Å². The van der Waals surface area contributed by atoms with Gasteiger partial charge in [-0.2, -0.15) is 0 Å². The lowest BCUT2D eigenvalue weighted by Crippen LogP contribution is -2.14. The molecule has 1 aromatic heterocycles. The molecule has 0 aliphatic rings. The average Bonchev–Trinajstić information content (AvgIpc) is 2.38. The number of carboxylic acid groups (broad SMARTS) is 1. The molecule has 1 heterocycles. The van der Waals surface area contributed by atoms with Crippen LogP contribution in [-0.4, -0.2) is 24.5 Å². The van der Waals surface area contributed by atoms with E-state index in [1.165, 1.54) is 42.6 Å². The summed E-state index contributed by atoms with van der Waals surface area (Å²) in [5.74, 6) is -1.04. The number of carbonyl (C=O) groups is 1. The molecule has 2 aromatic rings. The van der Waals surface area contributed by atoms with Gasteiger partial charge in [-0.25, -0.2) is 18.2 Å². The summed E-state index contributed by atoms with van der Waals surface area (Å²) < 4.78 is 26.4. The summed E-state index contributed by atoms with van der Waals surface area (Å²) in [6.07, 6.45) is 1.37. The van der Waals surface area contributed by atoms with Crippen molar-refractivity contribution in [3.63, 3.8) is 0 Å². The zero-order valence-electron chi connectivity index (χ0n) is 9.95. The number of halogens is 1. The lowest BCUT2D eigenvalue weighted by molar-refractivity contribution is 0.0697. The van der Waals surface area contributed by atoms with Gasteiger partial charge in [0.1, 0.15) is 5.82 Å². The summed E-state index contributed by atoms with van der Waals surface area (Å²) >= 11 is 5.74. The lowest BCUT2D eigenvalue weighted by atomic mass is 10.2. The van der Waals surface area contributed by atoms with Gasteiger partial charge in [-0.3, -0.25) is 4.72 Å². The molecule has 8 heteroatoms. The number of hydrogen-bond donors (Lipinski definition) is 2. The molecule has 20 heavy (non-hydrogen) atoms. The smallest absolute Gasteiger partial charge is 0.335 e. The largest absolute Gasteiger partial charge is 0.478 e. The van der Waals surface area contributed by atoms with Crippen molar-refractivity contribution in [3.05, 3.63) is 53.2 Å². The Morgan fingerprint density at radius 2 is 1.85 bits per heavy atom. The molecule has 0 aliphatic heterocycles. The topological polar surface area (TPSA) is 96.4 Å². The van der Waals surface area contributed by atoms with Crippen molar-refractivity contribution < 1.29 is 18.3 Å². The van der Waals surface area contributed by atoms with E-state index >= 15 is 0 Å². The number of benzene rings is 1. The van der Waals surface area contributed by atoms with Crippen molar-refractivity contribution in [2.24, 2.45) is 0 Å². The SMILES string of the molecule is O=C(O)c1ccc(S(=O)(=O)Nc2cc(Cl)ccn2)cc1. The van der Waals surface area contributed by atoms with Crippen molar-refractivity contribution in [1.82, 2.24) is 4.98 Å². The molecule has 6 nitrogen and oxygen atoms in total. The fourth-order valence-electron chi connectivity index (χ4n) is 1.43. The Labute approximate surface area is 120 Å². The highest BCUT2D eigenvalue weighted by molar-refractivity contribution is 7.92. The number of hydrogen-bond acceptors (Lipinski definition) is 4. The molecule has 0 unspecified atom stereocenters. The zero-order chi connectivity index (χ0) is 14.8. The maximum absolute atomic E-state index is 12.1. The standard InChI is InChI=1S/C12H9ClN2O4S/c13-9-5-6-14-11(7-9)15-20(18,19)10-3-1-8(2-4-10)12(16)17/h1-7H,(H,14,15)(H,16,17). The first-order valence-electron chi connectivity index (χ1n) is 5.36. The molecule has 0 amide bonds. The number of anilines is 1. The quantitative estimate of drug-likeness (QED) is 0.902. The molecule has 0 fully saturated rings. The fourth-order valence-corrected chi connectivity index (χ4v) is 2.59. The van der Waals surface area contributed by atoms with E-state index in [1.54, 1.807) is 0 Å². The fraction of sp³-hybridized carbons (Fsp3) is 0. The number of aromatic carboxylic acids is 1. The molecule has 1 aromatic carbocycles. The molecule has 2 N–H and O–H groups in total. The maximum atomic E-state index is 12.1. The van der Waals surface area contributed by atoms with E-state index < -0.39 is 16.0 Å². The number of pyridine rings is 1. The summed E-state index contributed by atoms with van der Waals surface area (Å²) in [5.41, 5.74) is 0.00447. The Hall–Kier alpha value is -2.12. The van der Waals surface area contributed by atoms with Crippen LogP contribution < -0.4 is 4.72 Å². The first-order valence-corrected chi connectivity index (χ1v) is 7.22.